The highest BCUT2D eigenvalue weighted by molar-refractivity contribution is 6.31. The normalized spacial score (nSPS) is 10.9. The minimum Gasteiger partial charge on any atom is -0.422 e. The van der Waals surface area contributed by atoms with Gasteiger partial charge in [-0.25, -0.2) is 9.18 Å². The van der Waals surface area contributed by atoms with Crippen LogP contribution in [0.5, 0.6) is 0 Å². The first kappa shape index (κ1) is 17.9. The molecular weight excluding hydrogens is 385 g/mol. The lowest BCUT2D eigenvalue weighted by atomic mass is 10.2. The Kier molecular flexibility index (Phi) is 4.67. The second kappa shape index (κ2) is 7.28. The summed E-state index contributed by atoms with van der Waals surface area (Å²) in [5.41, 5.74) is -0.186. The van der Waals surface area contributed by atoms with Gasteiger partial charge in [-0.2, -0.15) is 5.10 Å². The molecule has 0 saturated heterocycles. The quantitative estimate of drug-likeness (QED) is 0.526. The minimum atomic E-state index is -0.742. The fourth-order valence-electron chi connectivity index (χ4n) is 2.77. The van der Waals surface area contributed by atoms with E-state index in [0.717, 1.165) is 0 Å². The van der Waals surface area contributed by atoms with Crippen molar-refractivity contribution in [1.82, 2.24) is 9.78 Å². The van der Waals surface area contributed by atoms with E-state index in [2.05, 4.69) is 10.4 Å². The van der Waals surface area contributed by atoms with Crippen LogP contribution in [-0.2, 0) is 6.54 Å². The first-order chi connectivity index (χ1) is 13.5. The third-order valence-electron chi connectivity index (χ3n) is 4.15. The molecule has 0 spiro atoms. The fraction of sp³-hybridized carbons (Fsp3) is 0.0500. The monoisotopic (exact) mass is 397 g/mol. The third kappa shape index (κ3) is 3.52. The van der Waals surface area contributed by atoms with Gasteiger partial charge in [0.15, 0.2) is 5.82 Å². The Morgan fingerprint density at radius 2 is 2.00 bits per heavy atom. The van der Waals surface area contributed by atoms with Gasteiger partial charge in [0.1, 0.15) is 17.0 Å². The minimum absolute atomic E-state index is 0.0967. The molecule has 28 heavy (non-hydrogen) atoms. The molecule has 6 nitrogen and oxygen atoms in total. The Morgan fingerprint density at radius 3 is 2.82 bits per heavy atom. The zero-order valence-electron chi connectivity index (χ0n) is 14.4. The van der Waals surface area contributed by atoms with E-state index in [1.165, 1.54) is 28.9 Å². The highest BCUT2D eigenvalue weighted by Crippen LogP contribution is 2.20. The topological polar surface area (TPSA) is 77.1 Å². The second-order valence-corrected chi connectivity index (χ2v) is 6.45. The number of hydrogen-bond acceptors (Lipinski definition) is 4. The van der Waals surface area contributed by atoms with E-state index in [1.54, 1.807) is 36.5 Å². The van der Waals surface area contributed by atoms with Gasteiger partial charge in [-0.3, -0.25) is 9.48 Å². The number of benzene rings is 2. The number of aromatic nitrogens is 2. The van der Waals surface area contributed by atoms with Gasteiger partial charge in [0.2, 0.25) is 0 Å². The highest BCUT2D eigenvalue weighted by atomic mass is 35.5. The van der Waals surface area contributed by atoms with Crippen LogP contribution in [0.1, 0.15) is 15.9 Å². The molecule has 140 valence electrons. The summed E-state index contributed by atoms with van der Waals surface area (Å²) in [6.45, 7) is 0.0967. The SMILES string of the molecule is O=C(Nc1ccn(Cc2c(F)cccc2Cl)n1)c1cc2ccccc2oc1=O. The van der Waals surface area contributed by atoms with Crippen LogP contribution in [0.15, 0.2) is 70.0 Å². The summed E-state index contributed by atoms with van der Waals surface area (Å²) in [5, 5.41) is 7.63. The molecular formula is C20H13ClFN3O3. The maximum atomic E-state index is 13.9. The van der Waals surface area contributed by atoms with E-state index in [1.807, 2.05) is 0 Å². The van der Waals surface area contributed by atoms with Crippen LogP contribution in [-0.4, -0.2) is 15.7 Å². The summed E-state index contributed by atoms with van der Waals surface area (Å²) in [4.78, 5) is 24.5. The molecule has 0 aliphatic heterocycles. The number of halogens is 2. The van der Waals surface area contributed by atoms with Gasteiger partial charge in [-0.05, 0) is 24.3 Å². The molecule has 0 aliphatic rings. The molecule has 1 amide bonds. The van der Waals surface area contributed by atoms with Gasteiger partial charge < -0.3 is 9.73 Å². The molecule has 2 aromatic carbocycles. The Hall–Kier alpha value is -3.45. The van der Waals surface area contributed by atoms with Gasteiger partial charge in [0.05, 0.1) is 6.54 Å². The average molecular weight is 398 g/mol. The Balaban J connectivity index is 1.55. The molecule has 2 aromatic heterocycles. The van der Waals surface area contributed by atoms with Crippen molar-refractivity contribution >= 4 is 34.3 Å². The van der Waals surface area contributed by atoms with E-state index >= 15 is 0 Å². The van der Waals surface area contributed by atoms with Crippen LogP contribution >= 0.6 is 11.6 Å². The summed E-state index contributed by atoms with van der Waals surface area (Å²) in [5.74, 6) is -0.874. The Bertz CT molecular complexity index is 1230. The van der Waals surface area contributed by atoms with E-state index in [4.69, 9.17) is 16.0 Å². The van der Waals surface area contributed by atoms with Crippen molar-refractivity contribution < 1.29 is 13.6 Å². The second-order valence-electron chi connectivity index (χ2n) is 6.04. The van der Waals surface area contributed by atoms with Crippen LogP contribution in [0, 0.1) is 5.82 Å². The molecule has 4 aromatic rings. The molecule has 0 unspecified atom stereocenters. The van der Waals surface area contributed by atoms with Gasteiger partial charge in [-0.15, -0.1) is 0 Å². The standard InChI is InChI=1S/C20H13ClFN3O3/c21-15-5-3-6-16(22)14(15)11-25-9-8-18(24-25)23-19(26)13-10-12-4-1-2-7-17(12)28-20(13)27/h1-10H,11H2,(H,23,24,26). The zero-order chi connectivity index (χ0) is 19.7. The van der Waals surface area contributed by atoms with Crippen molar-refractivity contribution in [3.05, 3.63) is 93.2 Å². The molecule has 0 radical (unpaired) electrons. The van der Waals surface area contributed by atoms with Crippen molar-refractivity contribution in [2.75, 3.05) is 5.32 Å². The van der Waals surface area contributed by atoms with Crippen molar-refractivity contribution in [2.45, 2.75) is 6.54 Å². The van der Waals surface area contributed by atoms with Crippen LogP contribution in [0.2, 0.25) is 5.02 Å². The van der Waals surface area contributed by atoms with E-state index < -0.39 is 17.3 Å². The molecule has 8 heteroatoms. The lowest BCUT2D eigenvalue weighted by Crippen LogP contribution is -2.21. The molecule has 0 saturated carbocycles. The number of rotatable bonds is 4. The molecule has 0 atom stereocenters. The number of amides is 1. The van der Waals surface area contributed by atoms with Gasteiger partial charge in [0.25, 0.3) is 5.91 Å². The summed E-state index contributed by atoms with van der Waals surface area (Å²) in [7, 11) is 0. The van der Waals surface area contributed by atoms with E-state index in [-0.39, 0.29) is 22.9 Å². The number of carbonyl (C=O) groups excluding carboxylic acids is 1. The molecule has 1 N–H and O–H groups in total. The first-order valence-electron chi connectivity index (χ1n) is 8.32. The molecule has 0 aliphatic carbocycles. The predicted octanol–water partition coefficient (Wildman–Crippen LogP) is 4.08. The third-order valence-corrected chi connectivity index (χ3v) is 4.50. The predicted molar refractivity (Wildman–Crippen MR) is 103 cm³/mol. The largest absolute Gasteiger partial charge is 0.422 e. The first-order valence-corrected chi connectivity index (χ1v) is 8.69. The number of anilines is 1. The number of nitrogens with zero attached hydrogens (tertiary/aromatic N) is 2. The van der Waals surface area contributed by atoms with Crippen LogP contribution in [0.4, 0.5) is 10.2 Å². The fourth-order valence-corrected chi connectivity index (χ4v) is 2.99. The maximum Gasteiger partial charge on any atom is 0.349 e. The number of carbonyl (C=O) groups is 1. The van der Waals surface area contributed by atoms with Crippen LogP contribution < -0.4 is 10.9 Å². The van der Waals surface area contributed by atoms with Gasteiger partial charge in [-0.1, -0.05) is 35.9 Å². The number of para-hydroxylation sites is 1. The maximum absolute atomic E-state index is 13.9. The zero-order valence-corrected chi connectivity index (χ0v) is 15.1. The Morgan fingerprint density at radius 1 is 1.18 bits per heavy atom. The smallest absolute Gasteiger partial charge is 0.349 e. The summed E-state index contributed by atoms with van der Waals surface area (Å²) in [6.07, 6.45) is 1.57. The van der Waals surface area contributed by atoms with E-state index in [9.17, 15) is 14.0 Å². The molecule has 2 heterocycles. The van der Waals surface area contributed by atoms with Crippen molar-refractivity contribution in [3.63, 3.8) is 0 Å². The van der Waals surface area contributed by atoms with Gasteiger partial charge >= 0.3 is 5.63 Å². The molecule has 0 fully saturated rings. The lowest BCUT2D eigenvalue weighted by Gasteiger charge is -2.06. The molecule has 0 bridgehead atoms. The van der Waals surface area contributed by atoms with Crippen LogP contribution in [0.3, 0.4) is 0 Å². The van der Waals surface area contributed by atoms with Crippen molar-refractivity contribution in [2.24, 2.45) is 0 Å². The highest BCUT2D eigenvalue weighted by Gasteiger charge is 2.15. The number of fused-ring (bicyclic) bond motifs is 1. The average Bonchev–Trinajstić information content (AvgIpc) is 3.11. The summed E-state index contributed by atoms with van der Waals surface area (Å²) >= 11 is 6.02. The van der Waals surface area contributed by atoms with Crippen molar-refractivity contribution in [1.29, 1.82) is 0 Å². The van der Waals surface area contributed by atoms with Crippen molar-refractivity contribution in [3.8, 4) is 0 Å². The lowest BCUT2D eigenvalue weighted by molar-refractivity contribution is 0.102. The van der Waals surface area contributed by atoms with Crippen LogP contribution in [0.25, 0.3) is 11.0 Å². The molecule has 4 rings (SSSR count). The summed E-state index contributed by atoms with van der Waals surface area (Å²) < 4.78 is 20.5. The number of hydrogen-bond donors (Lipinski definition) is 1. The number of nitrogens with one attached hydrogen (secondary N) is 1. The van der Waals surface area contributed by atoms with E-state index in [0.29, 0.717) is 16.5 Å². The van der Waals surface area contributed by atoms with Gasteiger partial charge in [0, 0.05) is 28.2 Å². The Labute approximate surface area is 163 Å². The summed E-state index contributed by atoms with van der Waals surface area (Å²) in [6, 6.07) is 14.3.